The molecule has 3 unspecified atom stereocenters. The summed E-state index contributed by atoms with van der Waals surface area (Å²) in [5.41, 5.74) is 1.67. The van der Waals surface area contributed by atoms with E-state index in [0.29, 0.717) is 0 Å². The Hall–Kier alpha value is -1.30. The van der Waals surface area contributed by atoms with E-state index in [9.17, 15) is 14.7 Å². The lowest BCUT2D eigenvalue weighted by Gasteiger charge is -2.39. The van der Waals surface area contributed by atoms with Crippen LogP contribution < -0.4 is 10.7 Å². The first-order valence-electron chi connectivity index (χ1n) is 7.45. The van der Waals surface area contributed by atoms with Crippen molar-refractivity contribution in [2.45, 2.75) is 70.5 Å². The van der Waals surface area contributed by atoms with E-state index in [1.165, 1.54) is 0 Å². The molecule has 0 spiro atoms. The fourth-order valence-corrected chi connectivity index (χ4v) is 3.01. The van der Waals surface area contributed by atoms with E-state index in [-0.39, 0.29) is 18.0 Å². The Morgan fingerprint density at radius 3 is 2.15 bits per heavy atom. The number of amides is 2. The highest BCUT2D eigenvalue weighted by Gasteiger charge is 2.48. The first-order chi connectivity index (χ1) is 9.34. The molecule has 0 aromatic carbocycles. The zero-order valence-corrected chi connectivity index (χ0v) is 12.5. The van der Waals surface area contributed by atoms with Gasteiger partial charge in [0.05, 0.1) is 0 Å². The second-order valence-electron chi connectivity index (χ2n) is 6.38. The van der Waals surface area contributed by atoms with Gasteiger partial charge in [-0.15, -0.1) is 0 Å². The van der Waals surface area contributed by atoms with Gasteiger partial charge in [0.1, 0.15) is 5.54 Å². The molecule has 0 aromatic rings. The van der Waals surface area contributed by atoms with Gasteiger partial charge in [-0.2, -0.15) is 0 Å². The van der Waals surface area contributed by atoms with Crippen molar-refractivity contribution in [3.05, 3.63) is 0 Å². The zero-order valence-electron chi connectivity index (χ0n) is 12.5. The van der Waals surface area contributed by atoms with Gasteiger partial charge in [0.25, 0.3) is 0 Å². The molecule has 0 aromatic heterocycles. The maximum Gasteiger partial charge on any atom is 0.330 e. The number of nitrogens with one attached hydrogen (secondary N) is 2. The van der Waals surface area contributed by atoms with Crippen molar-refractivity contribution < 1.29 is 14.7 Å². The van der Waals surface area contributed by atoms with Gasteiger partial charge >= 0.3 is 12.0 Å². The van der Waals surface area contributed by atoms with Crippen LogP contribution >= 0.6 is 0 Å². The molecule has 0 radical (unpaired) electrons. The van der Waals surface area contributed by atoms with Crippen LogP contribution in [0.25, 0.3) is 0 Å². The number of aliphatic carboxylic acids is 1. The third-order valence-corrected chi connectivity index (χ3v) is 4.64. The molecule has 1 saturated heterocycles. The van der Waals surface area contributed by atoms with Crippen LogP contribution in [0.5, 0.6) is 0 Å². The van der Waals surface area contributed by atoms with Crippen molar-refractivity contribution in [3.8, 4) is 0 Å². The van der Waals surface area contributed by atoms with Gasteiger partial charge in [-0.3, -0.25) is 5.43 Å². The van der Waals surface area contributed by atoms with E-state index >= 15 is 0 Å². The summed E-state index contributed by atoms with van der Waals surface area (Å²) < 4.78 is 0. The van der Waals surface area contributed by atoms with Crippen molar-refractivity contribution in [2.75, 3.05) is 0 Å². The van der Waals surface area contributed by atoms with Gasteiger partial charge in [-0.05, 0) is 52.4 Å². The van der Waals surface area contributed by atoms with Crippen molar-refractivity contribution in [1.82, 2.24) is 15.8 Å². The number of urea groups is 1. The standard InChI is InChI=1S/C14H25N3O3/c1-9-5-4-6-10(2)17(9)16-13(20)15-14(3,12(18)19)11-7-8-11/h9-11H,4-8H2,1-3H3,(H,18,19)(H2,15,16,20). The molecule has 1 aliphatic carbocycles. The molecule has 2 rings (SSSR count). The molecule has 2 amide bonds. The number of hydrazine groups is 1. The average Bonchev–Trinajstić information content (AvgIpc) is 3.18. The lowest BCUT2D eigenvalue weighted by Crippen LogP contribution is -2.62. The van der Waals surface area contributed by atoms with Crippen LogP contribution in [0.2, 0.25) is 0 Å². The number of hydrogen-bond acceptors (Lipinski definition) is 3. The largest absolute Gasteiger partial charge is 0.480 e. The van der Waals surface area contributed by atoms with E-state index in [1.54, 1.807) is 6.92 Å². The van der Waals surface area contributed by atoms with Crippen molar-refractivity contribution >= 4 is 12.0 Å². The van der Waals surface area contributed by atoms with Crippen LogP contribution in [0.15, 0.2) is 0 Å². The van der Waals surface area contributed by atoms with Crippen molar-refractivity contribution in [1.29, 1.82) is 0 Å². The number of hydrogen-bond donors (Lipinski definition) is 3. The Balaban J connectivity index is 1.95. The lowest BCUT2D eigenvalue weighted by atomic mass is 9.96. The first-order valence-corrected chi connectivity index (χ1v) is 7.45. The maximum absolute atomic E-state index is 12.1. The highest BCUT2D eigenvalue weighted by Crippen LogP contribution is 2.39. The molecule has 1 saturated carbocycles. The third-order valence-electron chi connectivity index (χ3n) is 4.64. The van der Waals surface area contributed by atoms with E-state index in [1.807, 2.05) is 5.01 Å². The molecule has 2 fully saturated rings. The summed E-state index contributed by atoms with van der Waals surface area (Å²) in [7, 11) is 0. The number of carboxylic acids is 1. The fraction of sp³-hybridized carbons (Fsp3) is 0.857. The highest BCUT2D eigenvalue weighted by atomic mass is 16.4. The van der Waals surface area contributed by atoms with E-state index in [2.05, 4.69) is 24.6 Å². The Labute approximate surface area is 119 Å². The molecular weight excluding hydrogens is 258 g/mol. The summed E-state index contributed by atoms with van der Waals surface area (Å²) in [6, 6.07) is 0.144. The minimum absolute atomic E-state index is 0.0435. The number of carbonyl (C=O) groups is 2. The summed E-state index contributed by atoms with van der Waals surface area (Å²) in [5, 5.41) is 13.9. The Bertz CT molecular complexity index is 387. The number of carbonyl (C=O) groups excluding carboxylic acids is 1. The zero-order chi connectivity index (χ0) is 14.9. The topological polar surface area (TPSA) is 81.7 Å². The van der Waals surface area contributed by atoms with Gasteiger partial charge in [0.2, 0.25) is 0 Å². The summed E-state index contributed by atoms with van der Waals surface area (Å²) in [5.74, 6) is -0.920. The normalized spacial score (nSPS) is 30.4. The summed E-state index contributed by atoms with van der Waals surface area (Å²) in [4.78, 5) is 23.5. The van der Waals surface area contributed by atoms with Crippen LogP contribution in [0.3, 0.4) is 0 Å². The van der Waals surface area contributed by atoms with Gasteiger partial charge in [0, 0.05) is 12.1 Å². The summed E-state index contributed by atoms with van der Waals surface area (Å²) in [6.45, 7) is 5.75. The minimum Gasteiger partial charge on any atom is -0.480 e. The first kappa shape index (κ1) is 15.1. The number of carboxylic acid groups (broad SMARTS) is 1. The lowest BCUT2D eigenvalue weighted by molar-refractivity contribution is -0.144. The molecule has 20 heavy (non-hydrogen) atoms. The van der Waals surface area contributed by atoms with Gasteiger partial charge in [-0.1, -0.05) is 6.42 Å². The van der Waals surface area contributed by atoms with E-state index in [4.69, 9.17) is 0 Å². The predicted molar refractivity (Wildman–Crippen MR) is 75.0 cm³/mol. The molecular formula is C14H25N3O3. The Morgan fingerprint density at radius 2 is 1.70 bits per heavy atom. The molecule has 2 aliphatic rings. The summed E-state index contributed by atoms with van der Waals surface area (Å²) in [6.07, 6.45) is 4.98. The molecule has 114 valence electrons. The van der Waals surface area contributed by atoms with Crippen LogP contribution in [-0.2, 0) is 4.79 Å². The third kappa shape index (κ3) is 3.06. The number of nitrogens with zero attached hydrogens (tertiary/aromatic N) is 1. The smallest absolute Gasteiger partial charge is 0.330 e. The quantitative estimate of drug-likeness (QED) is 0.733. The molecule has 3 N–H and O–H groups in total. The monoisotopic (exact) mass is 283 g/mol. The molecule has 0 bridgehead atoms. The van der Waals surface area contributed by atoms with Crippen LogP contribution in [-0.4, -0.2) is 39.7 Å². The van der Waals surface area contributed by atoms with Crippen LogP contribution in [0.1, 0.15) is 52.9 Å². The van der Waals surface area contributed by atoms with Crippen LogP contribution in [0.4, 0.5) is 4.79 Å². The predicted octanol–water partition coefficient (Wildman–Crippen LogP) is 1.72. The van der Waals surface area contributed by atoms with E-state index < -0.39 is 17.5 Å². The van der Waals surface area contributed by atoms with E-state index in [0.717, 1.165) is 32.1 Å². The highest BCUT2D eigenvalue weighted by molar-refractivity contribution is 5.86. The Kier molecular flexibility index (Phi) is 4.22. The van der Waals surface area contributed by atoms with Gasteiger partial charge < -0.3 is 10.4 Å². The van der Waals surface area contributed by atoms with Crippen molar-refractivity contribution in [3.63, 3.8) is 0 Å². The maximum atomic E-state index is 12.1. The molecule has 1 aliphatic heterocycles. The molecule has 1 heterocycles. The number of rotatable bonds is 4. The molecule has 6 heteroatoms. The second-order valence-corrected chi connectivity index (χ2v) is 6.38. The second kappa shape index (κ2) is 5.60. The number of piperidine rings is 1. The minimum atomic E-state index is -1.16. The van der Waals surface area contributed by atoms with Gasteiger partial charge in [0.15, 0.2) is 0 Å². The van der Waals surface area contributed by atoms with Crippen LogP contribution in [0, 0.1) is 5.92 Å². The average molecular weight is 283 g/mol. The van der Waals surface area contributed by atoms with Gasteiger partial charge in [-0.25, -0.2) is 14.6 Å². The van der Waals surface area contributed by atoms with Crippen molar-refractivity contribution in [2.24, 2.45) is 5.92 Å². The Morgan fingerprint density at radius 1 is 1.15 bits per heavy atom. The fourth-order valence-electron chi connectivity index (χ4n) is 3.01. The molecule has 3 atom stereocenters. The SMILES string of the molecule is CC1CCCC(C)N1NC(=O)NC(C)(C(=O)O)C1CC1. The molecule has 6 nitrogen and oxygen atoms in total. The summed E-state index contributed by atoms with van der Waals surface area (Å²) >= 11 is 0.